The first kappa shape index (κ1) is 38.2. The Morgan fingerprint density at radius 3 is 2.05 bits per heavy atom. The summed E-state index contributed by atoms with van der Waals surface area (Å²) in [7, 11) is 1.61. The molecule has 0 fully saturated rings. The van der Waals surface area contributed by atoms with Gasteiger partial charge >= 0.3 is 0 Å². The van der Waals surface area contributed by atoms with Crippen LogP contribution in [-0.2, 0) is 0 Å². The minimum Gasteiger partial charge on any atom is -0.397 e. The van der Waals surface area contributed by atoms with Crippen LogP contribution in [0.15, 0.2) is 90.2 Å². The molecule has 0 spiro atoms. The van der Waals surface area contributed by atoms with Crippen LogP contribution in [0.4, 0.5) is 8.78 Å². The van der Waals surface area contributed by atoms with E-state index in [9.17, 15) is 8.78 Å². The highest BCUT2D eigenvalue weighted by molar-refractivity contribution is 5.89. The molecule has 6 heteroatoms. The van der Waals surface area contributed by atoms with E-state index in [4.69, 9.17) is 11.0 Å². The van der Waals surface area contributed by atoms with E-state index in [0.717, 1.165) is 41.0 Å². The molecule has 0 saturated carbocycles. The molecule has 0 amide bonds. The normalized spacial score (nSPS) is 10.8. The van der Waals surface area contributed by atoms with Gasteiger partial charge in [0.25, 0.3) is 5.92 Å². The molecule has 2 rings (SSSR count). The number of nitrogens with one attached hydrogen (secondary N) is 1. The van der Waals surface area contributed by atoms with Gasteiger partial charge in [0, 0.05) is 30.6 Å². The SMILES string of the molecule is C=C(C(NC)=C(C)C)C(C)(F)F.C=Cc1cc(C(=C)N)nc2ccccc12.CC.CC/C(C)=C/C=C(\C)CC#N. The number of nitrogens with zero attached hydrogens (tertiary/aromatic N) is 2. The fourth-order valence-electron chi connectivity index (χ4n) is 3.04. The Labute approximate surface area is 241 Å². The predicted octanol–water partition coefficient (Wildman–Crippen LogP) is 9.75. The van der Waals surface area contributed by atoms with Crippen molar-refractivity contribution >= 4 is 22.7 Å². The van der Waals surface area contributed by atoms with E-state index in [0.29, 0.717) is 23.5 Å². The molecule has 3 N–H and O–H groups in total. The van der Waals surface area contributed by atoms with Gasteiger partial charge in [-0.05, 0) is 51.8 Å². The standard InChI is InChI=1S/C13H12N2.C10H15N.C9H15F2N.C2H6/c1-3-10-8-13(9(2)14)15-12-7-5-4-6-11(10)12;1-4-9(2)5-6-10(3)7-8-11;1-6(2)8(12-5)7(3)9(4,10)11;1-2/h3-8H,1-2,14H2;5-6H,4,7H2,1-3H3;12H,3H2,1-2,4-5H3;1-2H3/b;9-5+,10-6+;;. The molecule has 0 aliphatic carbocycles. The lowest BCUT2D eigenvalue weighted by molar-refractivity contribution is 0.0655. The maximum atomic E-state index is 12.7. The molecule has 1 aromatic carbocycles. The Hall–Kier alpha value is -3.98. The number of fused-ring (bicyclic) bond motifs is 1. The van der Waals surface area contributed by atoms with Crippen molar-refractivity contribution in [2.24, 2.45) is 5.73 Å². The molecular formula is C34H48F2N4. The number of halogens is 2. The van der Waals surface area contributed by atoms with Crippen LogP contribution < -0.4 is 11.1 Å². The van der Waals surface area contributed by atoms with Crippen molar-refractivity contribution in [1.82, 2.24) is 10.3 Å². The number of hydrogen-bond acceptors (Lipinski definition) is 4. The molecule has 2 aromatic rings. The molecule has 1 heterocycles. The topological polar surface area (TPSA) is 74.7 Å². The van der Waals surface area contributed by atoms with Crippen molar-refractivity contribution < 1.29 is 8.78 Å². The van der Waals surface area contributed by atoms with Gasteiger partial charge < -0.3 is 11.1 Å². The van der Waals surface area contributed by atoms with E-state index in [2.05, 4.69) is 56.0 Å². The highest BCUT2D eigenvalue weighted by Gasteiger charge is 2.28. The van der Waals surface area contributed by atoms with Crippen molar-refractivity contribution in [3.8, 4) is 6.07 Å². The molecule has 0 bridgehead atoms. The highest BCUT2D eigenvalue weighted by Crippen LogP contribution is 2.27. The van der Waals surface area contributed by atoms with E-state index in [1.807, 2.05) is 57.2 Å². The minimum absolute atomic E-state index is 0.162. The Balaban J connectivity index is 0. The van der Waals surface area contributed by atoms with Gasteiger partial charge in [-0.2, -0.15) is 5.26 Å². The van der Waals surface area contributed by atoms with Gasteiger partial charge in [-0.1, -0.05) is 93.7 Å². The number of pyridine rings is 1. The third-order valence-electron chi connectivity index (χ3n) is 5.45. The van der Waals surface area contributed by atoms with Crippen molar-refractivity contribution in [3.63, 3.8) is 0 Å². The smallest absolute Gasteiger partial charge is 0.271 e. The molecule has 4 nitrogen and oxygen atoms in total. The molecule has 0 atom stereocenters. The average molecular weight is 551 g/mol. The van der Waals surface area contributed by atoms with Crippen LogP contribution in [0, 0.1) is 11.3 Å². The maximum Gasteiger partial charge on any atom is 0.271 e. The van der Waals surface area contributed by atoms with E-state index in [1.54, 1.807) is 27.0 Å². The molecule has 0 unspecified atom stereocenters. The number of para-hydroxylation sites is 1. The second-order valence-corrected chi connectivity index (χ2v) is 9.05. The first-order valence-corrected chi connectivity index (χ1v) is 13.3. The monoisotopic (exact) mass is 550 g/mol. The van der Waals surface area contributed by atoms with Crippen molar-refractivity contribution in [3.05, 3.63) is 101 Å². The molecule has 0 aliphatic heterocycles. The number of hydrogen-bond donors (Lipinski definition) is 2. The van der Waals surface area contributed by atoms with Crippen molar-refractivity contribution in [2.45, 2.75) is 74.2 Å². The molecule has 0 radical (unpaired) electrons. The number of nitrogens with two attached hydrogens (primary N) is 1. The average Bonchev–Trinajstić information content (AvgIpc) is 2.92. The zero-order valence-corrected chi connectivity index (χ0v) is 25.9. The maximum absolute atomic E-state index is 12.7. The largest absolute Gasteiger partial charge is 0.397 e. The number of alkyl halides is 2. The van der Waals surface area contributed by atoms with E-state index in [-0.39, 0.29) is 5.57 Å². The summed E-state index contributed by atoms with van der Waals surface area (Å²) in [5, 5.41) is 12.1. The van der Waals surface area contributed by atoms with E-state index < -0.39 is 5.92 Å². The van der Waals surface area contributed by atoms with Crippen LogP contribution in [0.3, 0.4) is 0 Å². The zero-order chi connectivity index (χ0) is 31.5. The van der Waals surface area contributed by atoms with Crippen LogP contribution in [0.1, 0.15) is 79.5 Å². The summed E-state index contributed by atoms with van der Waals surface area (Å²) >= 11 is 0. The summed E-state index contributed by atoms with van der Waals surface area (Å²) in [6.45, 7) is 25.4. The Bertz CT molecular complexity index is 1250. The fourth-order valence-corrected chi connectivity index (χ4v) is 3.04. The Morgan fingerprint density at radius 1 is 1.10 bits per heavy atom. The van der Waals surface area contributed by atoms with Gasteiger partial charge in [-0.3, -0.25) is 0 Å². The van der Waals surface area contributed by atoms with Gasteiger partial charge in [0.05, 0.1) is 29.4 Å². The number of aromatic nitrogens is 1. The number of nitriles is 1. The van der Waals surface area contributed by atoms with Gasteiger partial charge in [0.15, 0.2) is 0 Å². The van der Waals surface area contributed by atoms with Gasteiger partial charge in [0.2, 0.25) is 0 Å². The number of rotatable bonds is 8. The van der Waals surface area contributed by atoms with E-state index in [1.165, 1.54) is 5.57 Å². The molecule has 0 aliphatic rings. The number of allylic oxidation sites excluding steroid dienone is 6. The third kappa shape index (κ3) is 14.2. The number of likely N-dealkylation sites (N-methyl/N-ethyl adjacent to an activating group) is 1. The summed E-state index contributed by atoms with van der Waals surface area (Å²) in [6.07, 6.45) is 7.51. The molecule has 40 heavy (non-hydrogen) atoms. The quantitative estimate of drug-likeness (QED) is 0.321. The lowest BCUT2D eigenvalue weighted by atomic mass is 10.1. The summed E-state index contributed by atoms with van der Waals surface area (Å²) in [4.78, 5) is 4.41. The first-order chi connectivity index (χ1) is 18.7. The van der Waals surface area contributed by atoms with Crippen molar-refractivity contribution in [2.75, 3.05) is 7.05 Å². The number of benzene rings is 1. The van der Waals surface area contributed by atoms with E-state index >= 15 is 0 Å². The van der Waals surface area contributed by atoms with Crippen LogP contribution in [0.25, 0.3) is 22.7 Å². The second-order valence-electron chi connectivity index (χ2n) is 9.05. The summed E-state index contributed by atoms with van der Waals surface area (Å²) in [5.74, 6) is -2.85. The summed E-state index contributed by atoms with van der Waals surface area (Å²) in [5.41, 5.74) is 12.3. The Kier molecular flexibility index (Phi) is 19.1. The summed E-state index contributed by atoms with van der Waals surface area (Å²) < 4.78 is 25.5. The van der Waals surface area contributed by atoms with Crippen molar-refractivity contribution in [1.29, 1.82) is 5.26 Å². The second kappa shape index (κ2) is 20.0. The molecular weight excluding hydrogens is 502 g/mol. The lowest BCUT2D eigenvalue weighted by Gasteiger charge is -2.18. The predicted molar refractivity (Wildman–Crippen MR) is 172 cm³/mol. The zero-order valence-electron chi connectivity index (χ0n) is 25.9. The van der Waals surface area contributed by atoms with Gasteiger partial charge in [-0.15, -0.1) is 0 Å². The molecule has 218 valence electrons. The fraction of sp³-hybridized carbons (Fsp3) is 0.353. The summed E-state index contributed by atoms with van der Waals surface area (Å²) in [6, 6.07) is 11.9. The van der Waals surface area contributed by atoms with Crippen LogP contribution in [0.5, 0.6) is 0 Å². The minimum atomic E-state index is -2.85. The van der Waals surface area contributed by atoms with Gasteiger partial charge in [-0.25, -0.2) is 13.8 Å². The van der Waals surface area contributed by atoms with Gasteiger partial charge in [0.1, 0.15) is 0 Å². The third-order valence-corrected chi connectivity index (χ3v) is 5.45. The first-order valence-electron chi connectivity index (χ1n) is 13.3. The lowest BCUT2D eigenvalue weighted by Crippen LogP contribution is -2.21. The van der Waals surface area contributed by atoms with Crippen LogP contribution in [-0.4, -0.2) is 18.0 Å². The van der Waals surface area contributed by atoms with Crippen LogP contribution in [0.2, 0.25) is 0 Å². The molecule has 1 aromatic heterocycles. The highest BCUT2D eigenvalue weighted by atomic mass is 19.3. The molecule has 0 saturated heterocycles. The van der Waals surface area contributed by atoms with Crippen LogP contribution >= 0.6 is 0 Å². The Morgan fingerprint density at radius 2 is 1.65 bits per heavy atom.